The van der Waals surface area contributed by atoms with E-state index in [1.54, 1.807) is 23.5 Å². The minimum absolute atomic E-state index is 0. The van der Waals surface area contributed by atoms with Crippen LogP contribution in [0.4, 0.5) is 4.39 Å². The van der Waals surface area contributed by atoms with Crippen LogP contribution < -0.4 is 5.32 Å². The van der Waals surface area contributed by atoms with E-state index >= 15 is 0 Å². The molecular weight excluding hydrogens is 309 g/mol. The van der Waals surface area contributed by atoms with Crippen LogP contribution in [0.5, 0.6) is 0 Å². The van der Waals surface area contributed by atoms with Crippen LogP contribution in [0.15, 0.2) is 29.6 Å². The molecule has 2 heterocycles. The first-order valence-corrected chi connectivity index (χ1v) is 7.75. The molecule has 1 aliphatic rings. The van der Waals surface area contributed by atoms with E-state index in [1.807, 2.05) is 0 Å². The molecule has 1 aliphatic heterocycles. The van der Waals surface area contributed by atoms with Gasteiger partial charge in [0.15, 0.2) is 0 Å². The Balaban J connectivity index is 0.00000161. The normalized spacial score (nSPS) is 19.2. The molecule has 21 heavy (non-hydrogen) atoms. The lowest BCUT2D eigenvalue weighted by atomic mass is 10.2. The topological polar surface area (TPSA) is 28.2 Å². The van der Waals surface area contributed by atoms with Gasteiger partial charge in [-0.15, -0.1) is 23.7 Å². The van der Waals surface area contributed by atoms with Gasteiger partial charge in [-0.2, -0.15) is 0 Å². The van der Waals surface area contributed by atoms with Crippen molar-refractivity contribution >= 4 is 23.7 Å². The summed E-state index contributed by atoms with van der Waals surface area (Å²) in [5.74, 6) is -0.208. The number of rotatable bonds is 3. The maximum atomic E-state index is 12.9. The molecule has 3 nitrogen and oxygen atoms in total. The number of nitrogens with one attached hydrogen (secondary N) is 1. The number of halogens is 2. The van der Waals surface area contributed by atoms with Crippen LogP contribution in [-0.2, 0) is 6.54 Å². The Morgan fingerprint density at radius 2 is 2.14 bits per heavy atom. The predicted octanol–water partition coefficient (Wildman–Crippen LogP) is 3.16. The lowest BCUT2D eigenvalue weighted by Crippen LogP contribution is -2.48. The van der Waals surface area contributed by atoms with Crippen molar-refractivity contribution in [2.75, 3.05) is 19.6 Å². The van der Waals surface area contributed by atoms with Gasteiger partial charge in [-0.3, -0.25) is 4.90 Å². The Hall–Kier alpha value is -1.01. The molecule has 0 bridgehead atoms. The summed E-state index contributed by atoms with van der Waals surface area (Å²) in [6, 6.07) is 7.07. The molecule has 0 radical (unpaired) electrons. The number of nitrogens with zero attached hydrogens (tertiary/aromatic N) is 2. The minimum Gasteiger partial charge on any atom is -0.312 e. The fraction of sp³-hybridized carbons (Fsp3) is 0.400. The second kappa shape index (κ2) is 7.31. The Bertz CT molecular complexity index is 573. The first-order valence-electron chi connectivity index (χ1n) is 6.87. The van der Waals surface area contributed by atoms with Gasteiger partial charge >= 0.3 is 0 Å². The quantitative estimate of drug-likeness (QED) is 0.938. The Labute approximate surface area is 134 Å². The minimum atomic E-state index is -0.208. The van der Waals surface area contributed by atoms with Gasteiger partial charge in [0, 0.05) is 43.2 Å². The molecule has 114 valence electrons. The summed E-state index contributed by atoms with van der Waals surface area (Å²) in [6.07, 6.45) is 0. The Kier molecular flexibility index (Phi) is 5.70. The summed E-state index contributed by atoms with van der Waals surface area (Å²) in [4.78, 5) is 7.08. The summed E-state index contributed by atoms with van der Waals surface area (Å²) in [5, 5.41) is 6.50. The van der Waals surface area contributed by atoms with E-state index in [0.29, 0.717) is 6.04 Å². The van der Waals surface area contributed by atoms with Gasteiger partial charge in [0.1, 0.15) is 10.8 Å². The van der Waals surface area contributed by atoms with Crippen LogP contribution in [-0.4, -0.2) is 35.6 Å². The van der Waals surface area contributed by atoms with E-state index in [2.05, 4.69) is 27.5 Å². The molecule has 1 fully saturated rings. The van der Waals surface area contributed by atoms with E-state index in [1.165, 1.54) is 12.1 Å². The van der Waals surface area contributed by atoms with Crippen molar-refractivity contribution in [1.82, 2.24) is 15.2 Å². The highest BCUT2D eigenvalue weighted by Gasteiger charge is 2.16. The maximum absolute atomic E-state index is 12.9. The molecule has 3 rings (SSSR count). The highest BCUT2D eigenvalue weighted by molar-refractivity contribution is 7.13. The number of benzene rings is 1. The second-order valence-corrected chi connectivity index (χ2v) is 6.10. The fourth-order valence-electron chi connectivity index (χ4n) is 2.49. The Morgan fingerprint density at radius 3 is 2.86 bits per heavy atom. The zero-order chi connectivity index (χ0) is 13.9. The molecule has 0 amide bonds. The predicted molar refractivity (Wildman–Crippen MR) is 87.5 cm³/mol. The van der Waals surface area contributed by atoms with Crippen molar-refractivity contribution < 1.29 is 4.39 Å². The maximum Gasteiger partial charge on any atom is 0.123 e. The van der Waals surface area contributed by atoms with Crippen molar-refractivity contribution in [1.29, 1.82) is 0 Å². The van der Waals surface area contributed by atoms with E-state index in [4.69, 9.17) is 0 Å². The summed E-state index contributed by atoms with van der Waals surface area (Å²) in [6.45, 7) is 6.26. The van der Waals surface area contributed by atoms with Crippen LogP contribution in [0.1, 0.15) is 12.6 Å². The zero-order valence-corrected chi connectivity index (χ0v) is 13.5. The first kappa shape index (κ1) is 16.4. The molecule has 2 aromatic rings. The van der Waals surface area contributed by atoms with Gasteiger partial charge in [-0.25, -0.2) is 9.37 Å². The molecule has 1 atom stereocenters. The monoisotopic (exact) mass is 327 g/mol. The molecular formula is C15H19ClFN3S. The lowest BCUT2D eigenvalue weighted by Gasteiger charge is -2.31. The van der Waals surface area contributed by atoms with Gasteiger partial charge in [0.05, 0.1) is 5.69 Å². The molecule has 1 saturated heterocycles. The van der Waals surface area contributed by atoms with Crippen molar-refractivity contribution in [3.05, 3.63) is 41.2 Å². The highest BCUT2D eigenvalue weighted by atomic mass is 35.5. The summed E-state index contributed by atoms with van der Waals surface area (Å²) >= 11 is 1.62. The number of hydrogen-bond acceptors (Lipinski definition) is 4. The number of hydrogen-bond donors (Lipinski definition) is 1. The van der Waals surface area contributed by atoms with Gasteiger partial charge < -0.3 is 5.32 Å². The SMILES string of the molecule is C[C@@H]1CN(Cc2csc(-c3ccc(F)cc3)n2)CCN1.Cl. The van der Waals surface area contributed by atoms with Crippen LogP contribution in [0.25, 0.3) is 10.6 Å². The zero-order valence-electron chi connectivity index (χ0n) is 11.9. The number of piperazine rings is 1. The first-order chi connectivity index (χ1) is 9.70. The van der Waals surface area contributed by atoms with Gasteiger partial charge in [-0.05, 0) is 31.2 Å². The Morgan fingerprint density at radius 1 is 1.38 bits per heavy atom. The molecule has 6 heteroatoms. The number of thiazole rings is 1. The number of aromatic nitrogens is 1. The largest absolute Gasteiger partial charge is 0.312 e. The molecule has 0 unspecified atom stereocenters. The van der Waals surface area contributed by atoms with Crippen molar-refractivity contribution in [2.24, 2.45) is 0 Å². The van der Waals surface area contributed by atoms with E-state index < -0.39 is 0 Å². The molecule has 1 aromatic heterocycles. The summed E-state index contributed by atoms with van der Waals surface area (Å²) in [7, 11) is 0. The van der Waals surface area contributed by atoms with E-state index in [-0.39, 0.29) is 18.2 Å². The lowest BCUT2D eigenvalue weighted by molar-refractivity contribution is 0.198. The average molecular weight is 328 g/mol. The molecule has 0 saturated carbocycles. The van der Waals surface area contributed by atoms with Crippen LogP contribution in [0.3, 0.4) is 0 Å². The third kappa shape index (κ3) is 4.23. The molecule has 1 aromatic carbocycles. The molecule has 0 aliphatic carbocycles. The van der Waals surface area contributed by atoms with Crippen LogP contribution in [0.2, 0.25) is 0 Å². The third-order valence-corrected chi connectivity index (χ3v) is 4.42. The van der Waals surface area contributed by atoms with Crippen LogP contribution in [0, 0.1) is 5.82 Å². The van der Waals surface area contributed by atoms with E-state index in [9.17, 15) is 4.39 Å². The molecule has 1 N–H and O–H groups in total. The standard InChI is InChI=1S/C15H18FN3S.ClH/c1-11-8-19(7-6-17-11)9-14-10-20-15(18-14)12-2-4-13(16)5-3-12;/h2-5,10-11,17H,6-9H2,1H3;1H/t11-;/m1./s1. The van der Waals surface area contributed by atoms with E-state index in [0.717, 1.165) is 42.4 Å². The average Bonchev–Trinajstić information content (AvgIpc) is 2.88. The van der Waals surface area contributed by atoms with Crippen molar-refractivity contribution in [3.8, 4) is 10.6 Å². The van der Waals surface area contributed by atoms with Gasteiger partial charge in [0.25, 0.3) is 0 Å². The fourth-order valence-corrected chi connectivity index (χ4v) is 3.31. The molecule has 0 spiro atoms. The highest BCUT2D eigenvalue weighted by Crippen LogP contribution is 2.24. The van der Waals surface area contributed by atoms with Crippen molar-refractivity contribution in [2.45, 2.75) is 19.5 Å². The third-order valence-electron chi connectivity index (χ3n) is 3.48. The summed E-state index contributed by atoms with van der Waals surface area (Å²) in [5.41, 5.74) is 2.08. The van der Waals surface area contributed by atoms with Crippen LogP contribution >= 0.6 is 23.7 Å². The smallest absolute Gasteiger partial charge is 0.123 e. The van der Waals surface area contributed by atoms with Crippen molar-refractivity contribution in [3.63, 3.8) is 0 Å². The van der Waals surface area contributed by atoms with Gasteiger partial charge in [-0.1, -0.05) is 0 Å². The second-order valence-electron chi connectivity index (χ2n) is 5.24. The van der Waals surface area contributed by atoms with Gasteiger partial charge in [0.2, 0.25) is 0 Å². The summed E-state index contributed by atoms with van der Waals surface area (Å²) < 4.78 is 12.9.